The summed E-state index contributed by atoms with van der Waals surface area (Å²) in [5.74, 6) is -0.128. The Balaban J connectivity index is 1.41. The number of aromatic nitrogens is 2. The highest BCUT2D eigenvalue weighted by Gasteiger charge is 2.41. The molecule has 0 saturated carbocycles. The number of rotatable bonds is 21. The number of benzene rings is 2. The van der Waals surface area contributed by atoms with Crippen LogP contribution in [0.5, 0.6) is 17.2 Å². The van der Waals surface area contributed by atoms with Crippen molar-refractivity contribution in [2.24, 2.45) is 16.2 Å². The van der Waals surface area contributed by atoms with Crippen LogP contribution in [-0.4, -0.2) is 90.7 Å². The molecule has 0 unspecified atom stereocenters. The van der Waals surface area contributed by atoms with Gasteiger partial charge >= 0.3 is 12.1 Å². The van der Waals surface area contributed by atoms with Crippen molar-refractivity contribution in [2.45, 2.75) is 112 Å². The Morgan fingerprint density at radius 1 is 0.917 bits per heavy atom. The van der Waals surface area contributed by atoms with Gasteiger partial charge in [-0.1, -0.05) is 66.7 Å². The molecule has 1 fully saturated rings. The molecule has 0 aliphatic carbocycles. The Hall–Kier alpha value is -5.40. The highest BCUT2D eigenvalue weighted by Crippen LogP contribution is 2.37. The molecule has 328 valence electrons. The number of nitrogens with one attached hydrogen (secondary N) is 1. The number of aryl methyl sites for hydroxylation is 1. The monoisotopic (exact) mass is 832 g/mol. The summed E-state index contributed by atoms with van der Waals surface area (Å²) in [5.41, 5.74) is -0.204. The second-order valence-corrected chi connectivity index (χ2v) is 17.5. The standard InChI is InChI=1S/C46H64N4O10/c1-10-45(4,5)39(51)40(52)50-24-12-11-16-35(50)41(53)60-36(19-17-32-18-20-37(56-8)38(28-32)57-9)33-14-13-15-34(29-33)58-27-23-48-42(54)46(6,7)30-44(2,3)21-26-59-43(55)49-25-22-47-31-49/h13-15,18,20,22,25,28-29,31,35-36H,10-12,16-17,19,21,23-24,26-27,30H2,1-9H3,(H,48,54)/t35-,36+/m0/s1. The highest BCUT2D eigenvalue weighted by atomic mass is 16.6. The quantitative estimate of drug-likeness (QED) is 0.0642. The molecular weight excluding hydrogens is 769 g/mol. The number of Topliss-reactive ketones (excluding diaryl/α,β-unsaturated/α-hetero) is 1. The number of nitrogens with zero attached hydrogens (tertiary/aromatic N) is 3. The summed E-state index contributed by atoms with van der Waals surface area (Å²) in [4.78, 5) is 71.5. The van der Waals surface area contributed by atoms with Crippen LogP contribution in [0.4, 0.5) is 4.79 Å². The van der Waals surface area contributed by atoms with Crippen molar-refractivity contribution in [1.29, 1.82) is 0 Å². The van der Waals surface area contributed by atoms with Crippen molar-refractivity contribution in [1.82, 2.24) is 19.8 Å². The minimum absolute atomic E-state index is 0.124. The minimum Gasteiger partial charge on any atom is -0.493 e. The molecule has 3 aromatic rings. The third-order valence-corrected chi connectivity index (χ3v) is 11.3. The first-order valence-electron chi connectivity index (χ1n) is 20.8. The fourth-order valence-electron chi connectivity index (χ4n) is 7.45. The zero-order chi connectivity index (χ0) is 44.1. The molecule has 14 nitrogen and oxygen atoms in total. The number of esters is 1. The average molecular weight is 833 g/mol. The second kappa shape index (κ2) is 21.2. The van der Waals surface area contributed by atoms with E-state index in [0.29, 0.717) is 74.3 Å². The van der Waals surface area contributed by atoms with Gasteiger partial charge in [0.1, 0.15) is 30.8 Å². The van der Waals surface area contributed by atoms with E-state index >= 15 is 0 Å². The fraction of sp³-hybridized carbons (Fsp3) is 0.565. The Kier molecular flexibility index (Phi) is 16.7. The molecule has 2 aromatic carbocycles. The smallest absolute Gasteiger partial charge is 0.419 e. The van der Waals surface area contributed by atoms with Gasteiger partial charge in [-0.25, -0.2) is 19.1 Å². The number of ketones is 1. The Labute approximate surface area is 354 Å². The number of carbonyl (C=O) groups excluding carboxylic acids is 5. The zero-order valence-electron chi connectivity index (χ0n) is 36.8. The lowest BCUT2D eigenvalue weighted by Gasteiger charge is -2.36. The van der Waals surface area contributed by atoms with Gasteiger partial charge in [-0.2, -0.15) is 0 Å². The topological polar surface area (TPSA) is 165 Å². The lowest BCUT2D eigenvalue weighted by molar-refractivity contribution is -0.164. The first-order chi connectivity index (χ1) is 28.4. The number of hydrogen-bond donors (Lipinski definition) is 1. The predicted octanol–water partition coefficient (Wildman–Crippen LogP) is 7.52. The number of piperidine rings is 1. The number of carbonyl (C=O) groups is 5. The van der Waals surface area contributed by atoms with E-state index in [1.165, 1.54) is 28.2 Å². The van der Waals surface area contributed by atoms with Gasteiger partial charge < -0.3 is 33.9 Å². The number of methoxy groups -OCH3 is 2. The zero-order valence-corrected chi connectivity index (χ0v) is 36.8. The largest absolute Gasteiger partial charge is 0.493 e. The van der Waals surface area contributed by atoms with Gasteiger partial charge in [0.15, 0.2) is 11.5 Å². The molecule has 2 atom stereocenters. The Bertz CT molecular complexity index is 1920. The molecule has 4 rings (SSSR count). The van der Waals surface area contributed by atoms with E-state index in [0.717, 1.165) is 12.0 Å². The van der Waals surface area contributed by atoms with Gasteiger partial charge in [0, 0.05) is 29.8 Å². The van der Waals surface area contributed by atoms with Gasteiger partial charge in [-0.3, -0.25) is 14.4 Å². The van der Waals surface area contributed by atoms with E-state index in [-0.39, 0.29) is 31.1 Å². The second-order valence-electron chi connectivity index (χ2n) is 17.5. The lowest BCUT2D eigenvalue weighted by Crippen LogP contribution is -2.53. The van der Waals surface area contributed by atoms with Gasteiger partial charge in [-0.15, -0.1) is 0 Å². The molecule has 1 aliphatic rings. The normalized spacial score (nSPS) is 15.1. The van der Waals surface area contributed by atoms with Crippen LogP contribution in [0.3, 0.4) is 0 Å². The molecular formula is C46H64N4O10. The van der Waals surface area contributed by atoms with E-state index in [9.17, 15) is 24.0 Å². The van der Waals surface area contributed by atoms with Crippen molar-refractivity contribution >= 4 is 29.7 Å². The van der Waals surface area contributed by atoms with Crippen LogP contribution in [0, 0.1) is 16.2 Å². The van der Waals surface area contributed by atoms with Crippen LogP contribution < -0.4 is 19.5 Å². The van der Waals surface area contributed by atoms with Crippen LogP contribution in [-0.2, 0) is 35.1 Å². The molecule has 0 spiro atoms. The first kappa shape index (κ1) is 47.3. The number of amides is 2. The molecule has 14 heteroatoms. The average Bonchev–Trinajstić information content (AvgIpc) is 3.78. The van der Waals surface area contributed by atoms with Gasteiger partial charge in [0.25, 0.3) is 5.91 Å². The fourth-order valence-corrected chi connectivity index (χ4v) is 7.45. The van der Waals surface area contributed by atoms with Crippen molar-refractivity contribution in [3.63, 3.8) is 0 Å². The molecule has 1 saturated heterocycles. The van der Waals surface area contributed by atoms with Crippen LogP contribution >= 0.6 is 0 Å². The van der Waals surface area contributed by atoms with Crippen molar-refractivity contribution in [2.75, 3.05) is 40.5 Å². The predicted molar refractivity (Wildman–Crippen MR) is 226 cm³/mol. The molecule has 2 heterocycles. The SMILES string of the molecule is CCC(C)(C)C(=O)C(=O)N1CCCC[C@H]1C(=O)O[C@H](CCc1ccc(OC)c(OC)c1)c1cccc(OCCNC(=O)C(C)(C)CC(C)(C)CCOC(=O)n2ccnc2)c1. The first-order valence-corrected chi connectivity index (χ1v) is 20.8. The number of ether oxygens (including phenoxy) is 5. The molecule has 1 N–H and O–H groups in total. The Morgan fingerprint density at radius 3 is 2.35 bits per heavy atom. The molecule has 0 radical (unpaired) electrons. The van der Waals surface area contributed by atoms with E-state index in [1.807, 2.05) is 71.0 Å². The summed E-state index contributed by atoms with van der Waals surface area (Å²) in [5, 5.41) is 2.99. The van der Waals surface area contributed by atoms with Crippen molar-refractivity contribution in [3.05, 3.63) is 72.3 Å². The van der Waals surface area contributed by atoms with E-state index in [4.69, 9.17) is 23.7 Å². The van der Waals surface area contributed by atoms with Crippen molar-refractivity contribution in [3.8, 4) is 17.2 Å². The van der Waals surface area contributed by atoms with Gasteiger partial charge in [-0.05, 0) is 92.2 Å². The van der Waals surface area contributed by atoms with Crippen LogP contribution in [0.2, 0.25) is 0 Å². The summed E-state index contributed by atoms with van der Waals surface area (Å²) in [7, 11) is 3.15. The third-order valence-electron chi connectivity index (χ3n) is 11.3. The Morgan fingerprint density at radius 2 is 1.67 bits per heavy atom. The third kappa shape index (κ3) is 13.0. The highest BCUT2D eigenvalue weighted by molar-refractivity contribution is 6.38. The minimum atomic E-state index is -0.880. The summed E-state index contributed by atoms with van der Waals surface area (Å²) >= 11 is 0. The van der Waals surface area contributed by atoms with E-state index in [1.54, 1.807) is 34.1 Å². The maximum atomic E-state index is 14.0. The van der Waals surface area contributed by atoms with Crippen LogP contribution in [0.25, 0.3) is 0 Å². The maximum Gasteiger partial charge on any atom is 0.419 e. The van der Waals surface area contributed by atoms with Gasteiger partial charge in [0.05, 0.1) is 27.4 Å². The maximum absolute atomic E-state index is 14.0. The van der Waals surface area contributed by atoms with Crippen LogP contribution in [0.1, 0.15) is 111 Å². The summed E-state index contributed by atoms with van der Waals surface area (Å²) < 4.78 is 29.9. The molecule has 0 bridgehead atoms. The number of hydrogen-bond acceptors (Lipinski definition) is 11. The van der Waals surface area contributed by atoms with E-state index in [2.05, 4.69) is 10.3 Å². The van der Waals surface area contributed by atoms with E-state index < -0.39 is 46.7 Å². The number of likely N-dealkylation sites (tertiary alicyclic amines) is 1. The van der Waals surface area contributed by atoms with Crippen molar-refractivity contribution < 1.29 is 47.7 Å². The molecule has 2 amide bonds. The molecule has 1 aromatic heterocycles. The summed E-state index contributed by atoms with van der Waals surface area (Å²) in [6.45, 7) is 14.2. The summed E-state index contributed by atoms with van der Waals surface area (Å²) in [6.07, 6.45) is 7.58. The molecule has 60 heavy (non-hydrogen) atoms. The molecule has 1 aliphatic heterocycles. The number of imidazole rings is 1. The van der Waals surface area contributed by atoms with Gasteiger partial charge in [0.2, 0.25) is 11.7 Å². The lowest BCUT2D eigenvalue weighted by atomic mass is 9.73. The summed E-state index contributed by atoms with van der Waals surface area (Å²) in [6, 6.07) is 12.1. The van der Waals surface area contributed by atoms with Crippen LogP contribution in [0.15, 0.2) is 61.2 Å².